The smallest absolute Gasteiger partial charge is 0.311 e. The number of rotatable bonds is 7. The molecule has 0 saturated carbocycles. The summed E-state index contributed by atoms with van der Waals surface area (Å²) in [7, 11) is 1.32. The average molecular weight is 480 g/mol. The summed E-state index contributed by atoms with van der Waals surface area (Å²) in [6.45, 7) is 4.30. The zero-order valence-corrected chi connectivity index (χ0v) is 19.6. The highest BCUT2D eigenvalue weighted by Gasteiger charge is 2.19. The lowest BCUT2D eigenvalue weighted by atomic mass is 9.98. The Bertz CT molecular complexity index is 1400. The number of nitrogens with zero attached hydrogens (tertiary/aromatic N) is 2. The van der Waals surface area contributed by atoms with Crippen LogP contribution in [0.5, 0.6) is 5.75 Å². The van der Waals surface area contributed by atoms with Crippen molar-refractivity contribution in [1.82, 2.24) is 4.98 Å². The van der Waals surface area contributed by atoms with Gasteiger partial charge in [-0.05, 0) is 60.4 Å². The molecule has 0 bridgehead atoms. The zero-order valence-electron chi connectivity index (χ0n) is 18.8. The molecule has 8 nitrogen and oxygen atoms in total. The number of ether oxygens (including phenoxy) is 1. The number of hydrogen-bond donors (Lipinski definition) is 1. The Labute approximate surface area is 200 Å². The van der Waals surface area contributed by atoms with Crippen LogP contribution in [0.4, 0.5) is 11.4 Å². The Balaban J connectivity index is 1.63. The van der Waals surface area contributed by atoms with Crippen LogP contribution in [-0.2, 0) is 0 Å². The maximum Gasteiger partial charge on any atom is 0.311 e. The molecule has 0 radical (unpaired) electrons. The number of aromatic nitrogens is 1. The van der Waals surface area contributed by atoms with Gasteiger partial charge in [-0.2, -0.15) is 0 Å². The minimum absolute atomic E-state index is 0.0639. The van der Waals surface area contributed by atoms with Crippen LogP contribution in [-0.4, -0.2) is 22.9 Å². The summed E-state index contributed by atoms with van der Waals surface area (Å²) in [5.41, 5.74) is 3.33. The zero-order chi connectivity index (χ0) is 24.4. The summed E-state index contributed by atoms with van der Waals surface area (Å²) < 4.78 is 10.9. The van der Waals surface area contributed by atoms with E-state index in [2.05, 4.69) is 24.1 Å². The second-order valence-corrected chi connectivity index (χ2v) is 8.26. The maximum atomic E-state index is 12.8. The number of nitro benzene ring substituents is 1. The van der Waals surface area contributed by atoms with Gasteiger partial charge >= 0.3 is 5.69 Å². The number of benzene rings is 3. The van der Waals surface area contributed by atoms with E-state index in [1.54, 1.807) is 18.2 Å². The van der Waals surface area contributed by atoms with Gasteiger partial charge in [-0.3, -0.25) is 14.9 Å². The van der Waals surface area contributed by atoms with Crippen molar-refractivity contribution in [2.75, 3.05) is 12.4 Å². The van der Waals surface area contributed by atoms with Crippen LogP contribution in [0.15, 0.2) is 59.0 Å². The normalized spacial score (nSPS) is 11.9. The first kappa shape index (κ1) is 23.3. The molecule has 1 heterocycles. The lowest BCUT2D eigenvalue weighted by Gasteiger charge is -2.09. The van der Waals surface area contributed by atoms with Gasteiger partial charge in [0.15, 0.2) is 11.3 Å². The van der Waals surface area contributed by atoms with E-state index in [9.17, 15) is 14.9 Å². The molecule has 1 N–H and O–H groups in total. The van der Waals surface area contributed by atoms with Crippen LogP contribution < -0.4 is 10.1 Å². The van der Waals surface area contributed by atoms with E-state index in [0.717, 1.165) is 18.0 Å². The summed E-state index contributed by atoms with van der Waals surface area (Å²) in [5, 5.41) is 14.3. The molecule has 9 heteroatoms. The molecule has 1 aromatic heterocycles. The SMILES string of the molecule is CC[C@@H](C)c1ccc2oc(-c3ccc(Cl)c(NC(=O)c4ccc(OC)c([N+](=O)[O-])c4)c3)nc2c1. The van der Waals surface area contributed by atoms with Gasteiger partial charge in [-0.1, -0.05) is 31.5 Å². The van der Waals surface area contributed by atoms with Gasteiger partial charge in [-0.25, -0.2) is 4.98 Å². The summed E-state index contributed by atoms with van der Waals surface area (Å²) in [6.07, 6.45) is 1.02. The third-order valence-corrected chi connectivity index (χ3v) is 6.02. The highest BCUT2D eigenvalue weighted by molar-refractivity contribution is 6.34. The largest absolute Gasteiger partial charge is 0.490 e. The van der Waals surface area contributed by atoms with Crippen molar-refractivity contribution in [3.63, 3.8) is 0 Å². The van der Waals surface area contributed by atoms with E-state index in [-0.39, 0.29) is 17.0 Å². The van der Waals surface area contributed by atoms with Crippen LogP contribution in [0.25, 0.3) is 22.6 Å². The van der Waals surface area contributed by atoms with Crippen molar-refractivity contribution in [3.05, 3.63) is 80.9 Å². The van der Waals surface area contributed by atoms with Crippen molar-refractivity contribution in [3.8, 4) is 17.2 Å². The monoisotopic (exact) mass is 479 g/mol. The Morgan fingerprint density at radius 3 is 2.71 bits per heavy atom. The number of halogens is 1. The molecular formula is C25H22ClN3O5. The lowest BCUT2D eigenvalue weighted by Crippen LogP contribution is -2.12. The number of nitro groups is 1. The van der Waals surface area contributed by atoms with Crippen molar-refractivity contribution in [2.24, 2.45) is 0 Å². The van der Waals surface area contributed by atoms with Crippen molar-refractivity contribution >= 4 is 40.0 Å². The summed E-state index contributed by atoms with van der Waals surface area (Å²) in [6, 6.07) is 15.0. The quantitative estimate of drug-likeness (QED) is 0.230. The summed E-state index contributed by atoms with van der Waals surface area (Å²) in [4.78, 5) is 28.1. The Morgan fingerprint density at radius 1 is 1.21 bits per heavy atom. The molecule has 4 aromatic rings. The van der Waals surface area contributed by atoms with Crippen LogP contribution in [0.1, 0.15) is 42.1 Å². The molecule has 1 amide bonds. The van der Waals surface area contributed by atoms with Crippen LogP contribution in [0.2, 0.25) is 5.02 Å². The molecule has 0 saturated heterocycles. The Morgan fingerprint density at radius 2 is 2.00 bits per heavy atom. The number of methoxy groups -OCH3 is 1. The van der Waals surface area contributed by atoms with E-state index in [0.29, 0.717) is 33.7 Å². The van der Waals surface area contributed by atoms with Gasteiger partial charge in [0.1, 0.15) is 5.52 Å². The summed E-state index contributed by atoms with van der Waals surface area (Å²) in [5.74, 6) is 0.314. The van der Waals surface area contributed by atoms with E-state index >= 15 is 0 Å². The third-order valence-electron chi connectivity index (χ3n) is 5.69. The first-order valence-electron chi connectivity index (χ1n) is 10.6. The molecule has 0 aliphatic carbocycles. The van der Waals surface area contributed by atoms with Gasteiger partial charge in [-0.15, -0.1) is 0 Å². The van der Waals surface area contributed by atoms with Crippen molar-refractivity contribution in [2.45, 2.75) is 26.2 Å². The lowest BCUT2D eigenvalue weighted by molar-refractivity contribution is -0.385. The van der Waals surface area contributed by atoms with E-state index in [4.69, 9.17) is 20.8 Å². The predicted octanol–water partition coefficient (Wildman–Crippen LogP) is 6.83. The van der Waals surface area contributed by atoms with E-state index in [1.165, 1.54) is 24.8 Å². The minimum atomic E-state index is -0.608. The first-order valence-corrected chi connectivity index (χ1v) is 11.0. The van der Waals surface area contributed by atoms with E-state index in [1.807, 2.05) is 18.2 Å². The van der Waals surface area contributed by atoms with Gasteiger partial charge in [0.05, 0.1) is 22.7 Å². The van der Waals surface area contributed by atoms with Crippen molar-refractivity contribution < 1.29 is 18.9 Å². The second kappa shape index (κ2) is 9.52. The molecule has 0 aliphatic heterocycles. The highest BCUT2D eigenvalue weighted by atomic mass is 35.5. The fourth-order valence-electron chi connectivity index (χ4n) is 3.53. The number of fused-ring (bicyclic) bond motifs is 1. The second-order valence-electron chi connectivity index (χ2n) is 7.85. The van der Waals surface area contributed by atoms with Gasteiger partial charge < -0.3 is 14.5 Å². The van der Waals surface area contributed by atoms with Crippen LogP contribution >= 0.6 is 11.6 Å². The van der Waals surface area contributed by atoms with Crippen LogP contribution in [0, 0.1) is 10.1 Å². The molecule has 0 spiro atoms. The topological polar surface area (TPSA) is 108 Å². The molecule has 174 valence electrons. The predicted molar refractivity (Wildman–Crippen MR) is 131 cm³/mol. The number of anilines is 1. The number of carbonyl (C=O) groups excluding carboxylic acids is 1. The Kier molecular flexibility index (Phi) is 6.51. The molecule has 3 aromatic carbocycles. The number of carbonyl (C=O) groups is 1. The van der Waals surface area contributed by atoms with Gasteiger partial charge in [0.2, 0.25) is 5.89 Å². The Hall–Kier alpha value is -3.91. The molecular weight excluding hydrogens is 458 g/mol. The number of nitrogens with one attached hydrogen (secondary N) is 1. The first-order chi connectivity index (χ1) is 16.3. The maximum absolute atomic E-state index is 12.8. The van der Waals surface area contributed by atoms with Crippen LogP contribution in [0.3, 0.4) is 0 Å². The molecule has 0 aliphatic rings. The van der Waals surface area contributed by atoms with E-state index < -0.39 is 10.8 Å². The molecule has 0 fully saturated rings. The number of oxazole rings is 1. The molecule has 1 atom stereocenters. The summed E-state index contributed by atoms with van der Waals surface area (Å²) >= 11 is 6.30. The van der Waals surface area contributed by atoms with Gasteiger partial charge in [0, 0.05) is 17.2 Å². The molecule has 0 unspecified atom stereocenters. The number of amides is 1. The van der Waals surface area contributed by atoms with Crippen molar-refractivity contribution in [1.29, 1.82) is 0 Å². The van der Waals surface area contributed by atoms with Gasteiger partial charge in [0.25, 0.3) is 5.91 Å². The molecule has 4 rings (SSSR count). The third kappa shape index (κ3) is 4.58. The standard InChI is InChI=1S/C25H22ClN3O5/c1-4-14(2)15-6-9-22-20(11-15)28-25(34-22)17-5-8-18(26)19(12-17)27-24(30)16-7-10-23(33-3)21(13-16)29(31)32/h5-14H,4H2,1-3H3,(H,27,30)/t14-/m1/s1. The average Bonchev–Trinajstić information content (AvgIpc) is 3.27. The fourth-order valence-corrected chi connectivity index (χ4v) is 3.70. The molecule has 34 heavy (non-hydrogen) atoms. The fraction of sp³-hybridized carbons (Fsp3) is 0.200. The minimum Gasteiger partial charge on any atom is -0.490 e. The highest BCUT2D eigenvalue weighted by Crippen LogP contribution is 2.33. The number of hydrogen-bond acceptors (Lipinski definition) is 6.